The van der Waals surface area contributed by atoms with Gasteiger partial charge in [0.15, 0.2) is 0 Å². The summed E-state index contributed by atoms with van der Waals surface area (Å²) in [4.78, 5) is 6.50. The van der Waals surface area contributed by atoms with E-state index in [2.05, 4.69) is 15.3 Å². The first kappa shape index (κ1) is 15.0. The number of rotatable bonds is 5. The molecule has 1 rings (SSSR count). The Morgan fingerprint density at radius 2 is 2.11 bits per heavy atom. The van der Waals surface area contributed by atoms with Crippen LogP contribution in [0.2, 0.25) is 5.15 Å². The Morgan fingerprint density at radius 3 is 2.67 bits per heavy atom. The van der Waals surface area contributed by atoms with Gasteiger partial charge in [-0.15, -0.1) is 0 Å². The van der Waals surface area contributed by atoms with Gasteiger partial charge in [-0.25, -0.2) is 9.97 Å². The van der Waals surface area contributed by atoms with Crippen LogP contribution in [0.1, 0.15) is 12.7 Å². The van der Waals surface area contributed by atoms with Gasteiger partial charge in [0, 0.05) is 19.7 Å². The molecule has 1 N–H and O–H groups in total. The number of methoxy groups -OCH3 is 1. The molecule has 0 amide bonds. The third kappa shape index (κ3) is 4.66. The number of hydrogen-bond acceptors (Lipinski definition) is 4. The third-order valence-electron chi connectivity index (χ3n) is 2.03. The first-order chi connectivity index (χ1) is 8.32. The second-order valence-electron chi connectivity index (χ2n) is 3.84. The van der Waals surface area contributed by atoms with Crippen LogP contribution in [0.4, 0.5) is 19.0 Å². The quantitative estimate of drug-likeness (QED) is 0.844. The molecule has 0 aliphatic carbocycles. The predicted octanol–water partition coefficient (Wildman–Crippen LogP) is 2.84. The van der Waals surface area contributed by atoms with Crippen LogP contribution in [0.25, 0.3) is 0 Å². The normalized spacial score (nSPS) is 13.4. The largest absolute Gasteiger partial charge is 0.451 e. The minimum absolute atomic E-state index is 0.0466. The third-order valence-corrected chi connectivity index (χ3v) is 2.22. The zero-order chi connectivity index (χ0) is 13.8. The van der Waals surface area contributed by atoms with E-state index in [1.165, 1.54) is 6.07 Å². The number of ether oxygens (including phenoxy) is 1. The van der Waals surface area contributed by atoms with Crippen molar-refractivity contribution in [1.82, 2.24) is 9.97 Å². The molecule has 0 saturated carbocycles. The second kappa shape index (κ2) is 6.19. The van der Waals surface area contributed by atoms with Crippen LogP contribution in [0, 0.1) is 5.92 Å². The maximum absolute atomic E-state index is 12.4. The molecule has 1 atom stereocenters. The molecule has 0 radical (unpaired) electrons. The van der Waals surface area contributed by atoms with Gasteiger partial charge < -0.3 is 10.1 Å². The predicted molar refractivity (Wildman–Crippen MR) is 61.6 cm³/mol. The summed E-state index contributed by atoms with van der Waals surface area (Å²) < 4.78 is 42.2. The summed E-state index contributed by atoms with van der Waals surface area (Å²) in [7, 11) is 1.56. The highest BCUT2D eigenvalue weighted by Gasteiger charge is 2.35. The van der Waals surface area contributed by atoms with E-state index in [9.17, 15) is 13.2 Å². The average molecular weight is 284 g/mol. The molecule has 0 aliphatic heterocycles. The molecule has 4 nitrogen and oxygen atoms in total. The molecule has 0 aromatic carbocycles. The fourth-order valence-corrected chi connectivity index (χ4v) is 1.44. The Kier molecular flexibility index (Phi) is 5.15. The number of aromatic nitrogens is 2. The average Bonchev–Trinajstić information content (AvgIpc) is 2.25. The molecule has 0 aliphatic rings. The number of hydrogen-bond donors (Lipinski definition) is 1. The Morgan fingerprint density at radius 1 is 1.44 bits per heavy atom. The Bertz CT molecular complexity index is 400. The molecule has 18 heavy (non-hydrogen) atoms. The van der Waals surface area contributed by atoms with Crippen LogP contribution in [-0.4, -0.2) is 30.2 Å². The first-order valence-corrected chi connectivity index (χ1v) is 5.55. The lowest BCUT2D eigenvalue weighted by Crippen LogP contribution is -2.18. The number of alkyl halides is 3. The lowest BCUT2D eigenvalue weighted by Gasteiger charge is -2.13. The molecule has 0 fully saturated rings. The Hall–Kier alpha value is -1.08. The summed E-state index contributed by atoms with van der Waals surface area (Å²) in [6.07, 6.45) is -4.61. The van der Waals surface area contributed by atoms with Gasteiger partial charge in [0.05, 0.1) is 6.61 Å². The van der Waals surface area contributed by atoms with Crippen molar-refractivity contribution in [2.24, 2.45) is 5.92 Å². The minimum atomic E-state index is -4.61. The molecule has 1 unspecified atom stereocenters. The van der Waals surface area contributed by atoms with Crippen molar-refractivity contribution in [3.05, 3.63) is 17.0 Å². The van der Waals surface area contributed by atoms with Gasteiger partial charge in [0.25, 0.3) is 0 Å². The Labute approximate surface area is 108 Å². The number of halogens is 4. The van der Waals surface area contributed by atoms with E-state index in [1.807, 2.05) is 6.92 Å². The SMILES string of the molecule is COCC(C)CNc1cc(Cl)nc(C(F)(F)F)n1. The standard InChI is InChI=1S/C10H13ClF3N3O/c1-6(5-18-2)4-15-8-3-7(11)16-9(17-8)10(12,13)14/h3,6H,4-5H2,1-2H3,(H,15,16,17). The van der Waals surface area contributed by atoms with Crippen LogP contribution >= 0.6 is 11.6 Å². The molecule has 102 valence electrons. The van der Waals surface area contributed by atoms with Crippen LogP contribution in [0.15, 0.2) is 6.07 Å². The zero-order valence-corrected chi connectivity index (χ0v) is 10.6. The van der Waals surface area contributed by atoms with Crippen molar-refractivity contribution >= 4 is 17.4 Å². The molecule has 8 heteroatoms. The number of nitrogens with zero attached hydrogens (tertiary/aromatic N) is 2. The highest BCUT2D eigenvalue weighted by Crippen LogP contribution is 2.28. The van der Waals surface area contributed by atoms with Crippen molar-refractivity contribution in [2.75, 3.05) is 25.6 Å². The van der Waals surface area contributed by atoms with Crippen molar-refractivity contribution in [2.45, 2.75) is 13.1 Å². The molecule has 1 aromatic rings. The molecule has 0 spiro atoms. The van der Waals surface area contributed by atoms with Crippen LogP contribution in [0.3, 0.4) is 0 Å². The van der Waals surface area contributed by atoms with Gasteiger partial charge >= 0.3 is 6.18 Å². The highest BCUT2D eigenvalue weighted by molar-refractivity contribution is 6.29. The number of anilines is 1. The topological polar surface area (TPSA) is 47.0 Å². The smallest absolute Gasteiger partial charge is 0.384 e. The van der Waals surface area contributed by atoms with Crippen molar-refractivity contribution in [3.8, 4) is 0 Å². The zero-order valence-electron chi connectivity index (χ0n) is 9.88. The van der Waals surface area contributed by atoms with E-state index in [1.54, 1.807) is 7.11 Å². The van der Waals surface area contributed by atoms with Crippen LogP contribution < -0.4 is 5.32 Å². The summed E-state index contributed by atoms with van der Waals surface area (Å²) in [5.41, 5.74) is 0. The summed E-state index contributed by atoms with van der Waals surface area (Å²) in [6, 6.07) is 1.25. The molecule has 0 saturated heterocycles. The fraction of sp³-hybridized carbons (Fsp3) is 0.600. The van der Waals surface area contributed by atoms with E-state index in [4.69, 9.17) is 16.3 Å². The van der Waals surface area contributed by atoms with E-state index >= 15 is 0 Å². The molecule has 1 aromatic heterocycles. The molecule has 1 heterocycles. The summed E-state index contributed by atoms with van der Waals surface area (Å²) >= 11 is 5.52. The summed E-state index contributed by atoms with van der Waals surface area (Å²) in [5, 5.41) is 2.52. The maximum atomic E-state index is 12.4. The van der Waals surface area contributed by atoms with Crippen LogP contribution in [-0.2, 0) is 10.9 Å². The van der Waals surface area contributed by atoms with Crippen molar-refractivity contribution in [1.29, 1.82) is 0 Å². The molecular formula is C10H13ClF3N3O. The second-order valence-corrected chi connectivity index (χ2v) is 4.23. The first-order valence-electron chi connectivity index (χ1n) is 5.17. The highest BCUT2D eigenvalue weighted by atomic mass is 35.5. The van der Waals surface area contributed by atoms with Gasteiger partial charge in [0.2, 0.25) is 5.82 Å². The Balaban J connectivity index is 2.75. The summed E-state index contributed by atoms with van der Waals surface area (Å²) in [6.45, 7) is 2.82. The van der Waals surface area contributed by atoms with Crippen LogP contribution in [0.5, 0.6) is 0 Å². The van der Waals surface area contributed by atoms with Gasteiger partial charge in [-0.3, -0.25) is 0 Å². The minimum Gasteiger partial charge on any atom is -0.384 e. The van der Waals surface area contributed by atoms with Gasteiger partial charge in [-0.2, -0.15) is 13.2 Å². The summed E-state index contributed by atoms with van der Waals surface area (Å²) in [5.74, 6) is -1.07. The monoisotopic (exact) mass is 283 g/mol. The molecule has 0 bridgehead atoms. The van der Waals surface area contributed by atoms with E-state index in [-0.39, 0.29) is 16.9 Å². The van der Waals surface area contributed by atoms with E-state index in [0.717, 1.165) is 0 Å². The molecular weight excluding hydrogens is 271 g/mol. The maximum Gasteiger partial charge on any atom is 0.451 e. The number of nitrogens with one attached hydrogen (secondary N) is 1. The lowest BCUT2D eigenvalue weighted by atomic mass is 10.2. The fourth-order valence-electron chi connectivity index (χ4n) is 1.26. The van der Waals surface area contributed by atoms with Crippen molar-refractivity contribution < 1.29 is 17.9 Å². The van der Waals surface area contributed by atoms with Gasteiger partial charge in [0.1, 0.15) is 11.0 Å². The van der Waals surface area contributed by atoms with Gasteiger partial charge in [-0.1, -0.05) is 18.5 Å². The van der Waals surface area contributed by atoms with Crippen molar-refractivity contribution in [3.63, 3.8) is 0 Å². The lowest BCUT2D eigenvalue weighted by molar-refractivity contribution is -0.144. The van der Waals surface area contributed by atoms with Gasteiger partial charge in [-0.05, 0) is 5.92 Å². The van der Waals surface area contributed by atoms with E-state index in [0.29, 0.717) is 13.2 Å². The van der Waals surface area contributed by atoms with E-state index < -0.39 is 12.0 Å².